The Kier molecular flexibility index (Phi) is 4.33. The number of aryl methyl sites for hydroxylation is 1. The van der Waals surface area contributed by atoms with Gasteiger partial charge in [-0.05, 0) is 37.3 Å². The van der Waals surface area contributed by atoms with Gasteiger partial charge in [0.2, 0.25) is 5.78 Å². The molecule has 0 saturated heterocycles. The number of aromatic carboxylic acids is 1. The van der Waals surface area contributed by atoms with Crippen molar-refractivity contribution in [1.29, 1.82) is 0 Å². The summed E-state index contributed by atoms with van der Waals surface area (Å²) in [7, 11) is 0. The van der Waals surface area contributed by atoms with E-state index in [1.807, 2.05) is 35.7 Å². The molecule has 138 valence electrons. The predicted molar refractivity (Wildman–Crippen MR) is 105 cm³/mol. The van der Waals surface area contributed by atoms with Gasteiger partial charge in [0.1, 0.15) is 0 Å². The lowest BCUT2D eigenvalue weighted by molar-refractivity contribution is 0.0692. The third-order valence-corrected chi connectivity index (χ3v) is 4.44. The highest BCUT2D eigenvalue weighted by Gasteiger charge is 2.16. The van der Waals surface area contributed by atoms with Crippen molar-refractivity contribution >= 4 is 23.3 Å². The molecule has 2 N–H and O–H groups in total. The molecule has 0 bridgehead atoms. The molecule has 7 nitrogen and oxygen atoms in total. The first-order valence-electron chi connectivity index (χ1n) is 8.58. The summed E-state index contributed by atoms with van der Waals surface area (Å²) >= 11 is 0. The molecule has 0 saturated carbocycles. The number of carbonyl (C=O) groups excluding carboxylic acids is 1. The molecule has 28 heavy (non-hydrogen) atoms. The van der Waals surface area contributed by atoms with Gasteiger partial charge >= 0.3 is 5.97 Å². The molecule has 0 radical (unpaired) electrons. The minimum atomic E-state index is -1.15. The monoisotopic (exact) mass is 372 g/mol. The van der Waals surface area contributed by atoms with Crippen LogP contribution in [0.2, 0.25) is 0 Å². The fourth-order valence-corrected chi connectivity index (χ4v) is 3.09. The molecule has 0 aliphatic rings. The predicted octanol–water partition coefficient (Wildman–Crippen LogP) is 3.66. The zero-order chi connectivity index (χ0) is 19.7. The summed E-state index contributed by atoms with van der Waals surface area (Å²) in [4.78, 5) is 32.7. The van der Waals surface area contributed by atoms with Crippen LogP contribution in [0.1, 0.15) is 26.4 Å². The number of rotatable bonds is 4. The zero-order valence-corrected chi connectivity index (χ0v) is 15.0. The summed E-state index contributed by atoms with van der Waals surface area (Å²) < 4.78 is 1.89. The van der Waals surface area contributed by atoms with Crippen LogP contribution in [-0.2, 0) is 0 Å². The third-order valence-electron chi connectivity index (χ3n) is 4.44. The first-order valence-corrected chi connectivity index (χ1v) is 8.58. The topological polar surface area (TPSA) is 96.6 Å². The van der Waals surface area contributed by atoms with Gasteiger partial charge in [0.15, 0.2) is 0 Å². The molecular weight excluding hydrogens is 356 g/mol. The molecule has 0 aliphatic carbocycles. The van der Waals surface area contributed by atoms with E-state index in [1.165, 1.54) is 12.1 Å². The average Bonchev–Trinajstić information content (AvgIpc) is 3.05. The third kappa shape index (κ3) is 3.09. The Morgan fingerprint density at radius 1 is 1.04 bits per heavy atom. The van der Waals surface area contributed by atoms with Crippen molar-refractivity contribution in [2.24, 2.45) is 0 Å². The quantitative estimate of drug-likeness (QED) is 0.570. The van der Waals surface area contributed by atoms with Crippen LogP contribution in [0.3, 0.4) is 0 Å². The molecule has 2 heterocycles. The first kappa shape index (κ1) is 17.4. The molecule has 0 spiro atoms. The van der Waals surface area contributed by atoms with Crippen LogP contribution in [0.25, 0.3) is 17.0 Å². The lowest BCUT2D eigenvalue weighted by Crippen LogP contribution is -2.16. The van der Waals surface area contributed by atoms with Gasteiger partial charge in [-0.25, -0.2) is 14.8 Å². The van der Waals surface area contributed by atoms with E-state index in [0.29, 0.717) is 11.5 Å². The van der Waals surface area contributed by atoms with Crippen molar-refractivity contribution in [3.63, 3.8) is 0 Å². The van der Waals surface area contributed by atoms with Gasteiger partial charge in [-0.15, -0.1) is 0 Å². The highest BCUT2D eigenvalue weighted by Crippen LogP contribution is 2.26. The summed E-state index contributed by atoms with van der Waals surface area (Å²) in [5, 5.41) is 12.0. The van der Waals surface area contributed by atoms with E-state index in [-0.39, 0.29) is 11.1 Å². The Morgan fingerprint density at radius 2 is 1.82 bits per heavy atom. The Labute approximate surface area is 160 Å². The molecule has 1 amide bonds. The highest BCUT2D eigenvalue weighted by atomic mass is 16.4. The smallest absolute Gasteiger partial charge is 0.336 e. The van der Waals surface area contributed by atoms with E-state index in [0.717, 1.165) is 17.0 Å². The highest BCUT2D eigenvalue weighted by molar-refractivity contribution is 6.10. The van der Waals surface area contributed by atoms with Gasteiger partial charge in [-0.2, -0.15) is 0 Å². The summed E-state index contributed by atoms with van der Waals surface area (Å²) in [6, 6.07) is 15.2. The van der Waals surface area contributed by atoms with E-state index in [9.17, 15) is 14.7 Å². The number of nitrogens with one attached hydrogen (secondary N) is 1. The summed E-state index contributed by atoms with van der Waals surface area (Å²) in [6.07, 6.45) is 3.57. The second-order valence-corrected chi connectivity index (χ2v) is 6.22. The number of aromatic nitrogens is 3. The maximum atomic E-state index is 12.6. The Hall–Kier alpha value is -4.00. The van der Waals surface area contributed by atoms with Gasteiger partial charge in [0.25, 0.3) is 5.91 Å². The number of imidazole rings is 1. The van der Waals surface area contributed by atoms with Crippen LogP contribution in [-0.4, -0.2) is 31.4 Å². The van der Waals surface area contributed by atoms with Crippen LogP contribution >= 0.6 is 0 Å². The number of fused-ring (bicyclic) bond motifs is 1. The van der Waals surface area contributed by atoms with Gasteiger partial charge in [-0.1, -0.05) is 24.3 Å². The Bertz CT molecular complexity index is 1210. The van der Waals surface area contributed by atoms with Crippen LogP contribution in [0, 0.1) is 6.92 Å². The van der Waals surface area contributed by atoms with Gasteiger partial charge in [0, 0.05) is 29.3 Å². The number of carboxylic acids is 1. The van der Waals surface area contributed by atoms with E-state index < -0.39 is 11.9 Å². The molecule has 4 rings (SSSR count). The molecule has 7 heteroatoms. The van der Waals surface area contributed by atoms with Crippen LogP contribution in [0.5, 0.6) is 0 Å². The van der Waals surface area contributed by atoms with E-state index >= 15 is 0 Å². The normalized spacial score (nSPS) is 10.8. The van der Waals surface area contributed by atoms with Crippen molar-refractivity contribution in [2.45, 2.75) is 6.92 Å². The molecule has 0 fully saturated rings. The first-order chi connectivity index (χ1) is 13.5. The Morgan fingerprint density at radius 3 is 2.57 bits per heavy atom. The summed E-state index contributed by atoms with van der Waals surface area (Å²) in [5.41, 5.74) is 3.13. The number of carbonyl (C=O) groups is 2. The van der Waals surface area contributed by atoms with Crippen molar-refractivity contribution in [3.05, 3.63) is 83.8 Å². The number of benzene rings is 2. The fourth-order valence-electron chi connectivity index (χ4n) is 3.09. The maximum Gasteiger partial charge on any atom is 0.336 e. The molecule has 2 aromatic heterocycles. The molecule has 0 aliphatic heterocycles. The van der Waals surface area contributed by atoms with E-state index in [4.69, 9.17) is 0 Å². The number of carboxylic acid groups (broad SMARTS) is 1. The Balaban J connectivity index is 1.67. The van der Waals surface area contributed by atoms with Crippen LogP contribution < -0.4 is 5.32 Å². The number of hydrogen-bond donors (Lipinski definition) is 2. The van der Waals surface area contributed by atoms with Crippen molar-refractivity contribution in [2.75, 3.05) is 5.32 Å². The minimum absolute atomic E-state index is 0.0431. The zero-order valence-electron chi connectivity index (χ0n) is 15.0. The van der Waals surface area contributed by atoms with Gasteiger partial charge in [0.05, 0.1) is 16.8 Å². The van der Waals surface area contributed by atoms with Crippen molar-refractivity contribution in [1.82, 2.24) is 14.4 Å². The fraction of sp³-hybridized carbons (Fsp3) is 0.0476. The van der Waals surface area contributed by atoms with Crippen LogP contribution in [0.4, 0.5) is 5.69 Å². The lowest BCUT2D eigenvalue weighted by atomic mass is 10.1. The maximum absolute atomic E-state index is 12.6. The number of anilines is 1. The van der Waals surface area contributed by atoms with E-state index in [1.54, 1.807) is 30.5 Å². The molecular formula is C21H16N4O3. The molecule has 2 aromatic carbocycles. The average molecular weight is 372 g/mol. The summed E-state index contributed by atoms with van der Waals surface area (Å²) in [5.74, 6) is -1.03. The SMILES string of the molecule is Cc1c(-c2cccc(NC(=O)c3ccccc3C(=O)O)c2)nc2ncccn12. The second-order valence-electron chi connectivity index (χ2n) is 6.22. The second kappa shape index (κ2) is 6.96. The lowest BCUT2D eigenvalue weighted by Gasteiger charge is -2.09. The number of hydrogen-bond acceptors (Lipinski definition) is 4. The van der Waals surface area contributed by atoms with Crippen LogP contribution in [0.15, 0.2) is 67.0 Å². The van der Waals surface area contributed by atoms with Gasteiger partial charge < -0.3 is 10.4 Å². The number of nitrogens with zero attached hydrogens (tertiary/aromatic N) is 3. The van der Waals surface area contributed by atoms with Crippen molar-refractivity contribution < 1.29 is 14.7 Å². The molecule has 0 atom stereocenters. The summed E-state index contributed by atoms with van der Waals surface area (Å²) in [6.45, 7) is 1.95. The van der Waals surface area contributed by atoms with Crippen molar-refractivity contribution in [3.8, 4) is 11.3 Å². The molecule has 0 unspecified atom stereocenters. The number of amides is 1. The largest absolute Gasteiger partial charge is 0.478 e. The standard InChI is InChI=1S/C21H16N4O3/c1-13-18(24-21-22-10-5-11-25(13)21)14-6-4-7-15(12-14)23-19(26)16-8-2-3-9-17(16)20(27)28/h2-12H,1H3,(H,23,26)(H,27,28). The molecule has 4 aromatic rings. The van der Waals surface area contributed by atoms with E-state index in [2.05, 4.69) is 15.3 Å². The van der Waals surface area contributed by atoms with Gasteiger partial charge in [-0.3, -0.25) is 9.20 Å². The minimum Gasteiger partial charge on any atom is -0.478 e.